The minimum absolute atomic E-state index is 0. The number of quaternary nitrogens is 1. The number of aliphatic hydroxyl groups excluding tert-OH is 1. The third-order valence-electron chi connectivity index (χ3n) is 5.11. The van der Waals surface area contributed by atoms with Gasteiger partial charge in [0, 0.05) is 33.1 Å². The summed E-state index contributed by atoms with van der Waals surface area (Å²) in [4.78, 5) is 28.7. The molecule has 2 unspecified atom stereocenters. The van der Waals surface area contributed by atoms with Gasteiger partial charge in [0.2, 0.25) is 0 Å². The number of aromatic nitrogens is 4. The second-order valence-corrected chi connectivity index (χ2v) is 7.35. The van der Waals surface area contributed by atoms with Crippen LogP contribution in [0.4, 0.5) is 0 Å². The Morgan fingerprint density at radius 2 is 1.73 bits per heavy atom. The highest BCUT2D eigenvalue weighted by atomic mass is 35.5. The average Bonchev–Trinajstić information content (AvgIpc) is 3.10. The molecule has 0 aliphatic carbocycles. The van der Waals surface area contributed by atoms with Gasteiger partial charge in [0.1, 0.15) is 24.1 Å². The summed E-state index contributed by atoms with van der Waals surface area (Å²) in [6.07, 6.45) is 1.42. The lowest BCUT2D eigenvalue weighted by atomic mass is 10.1. The quantitative estimate of drug-likeness (QED) is 0.295. The number of aromatic hydroxyl groups is 2. The van der Waals surface area contributed by atoms with E-state index in [1.807, 2.05) is 12.2 Å². The van der Waals surface area contributed by atoms with Crippen molar-refractivity contribution in [3.63, 3.8) is 0 Å². The van der Waals surface area contributed by atoms with Crippen molar-refractivity contribution in [2.75, 3.05) is 6.54 Å². The molecule has 3 rings (SSSR count). The SMILES string of the molecule is CC(CCn1cnc2c1c(=O)n(C)c(=O)n2C)[NH2+]CC(O)c1cc(O)cc(O)c1.[Cl-]. The lowest BCUT2D eigenvalue weighted by molar-refractivity contribution is -0.693. The Kier molecular flexibility index (Phi) is 7.30. The Labute approximate surface area is 178 Å². The molecule has 0 aliphatic heterocycles. The molecule has 2 aromatic heterocycles. The number of benzene rings is 1. The van der Waals surface area contributed by atoms with E-state index in [4.69, 9.17) is 0 Å². The molecule has 0 bridgehead atoms. The summed E-state index contributed by atoms with van der Waals surface area (Å²) in [5, 5.41) is 31.3. The zero-order valence-electron chi connectivity index (χ0n) is 17.0. The van der Waals surface area contributed by atoms with Crippen LogP contribution in [0.5, 0.6) is 11.5 Å². The smallest absolute Gasteiger partial charge is 0.332 e. The molecule has 0 fully saturated rings. The zero-order chi connectivity index (χ0) is 21.3. The van der Waals surface area contributed by atoms with E-state index < -0.39 is 11.8 Å². The van der Waals surface area contributed by atoms with Gasteiger partial charge in [-0.3, -0.25) is 13.9 Å². The summed E-state index contributed by atoms with van der Waals surface area (Å²) in [7, 11) is 3.02. The highest BCUT2D eigenvalue weighted by molar-refractivity contribution is 5.69. The first-order valence-corrected chi connectivity index (χ1v) is 9.34. The van der Waals surface area contributed by atoms with Crippen molar-refractivity contribution in [1.82, 2.24) is 18.7 Å². The predicted octanol–water partition coefficient (Wildman–Crippen LogP) is -4.08. The van der Waals surface area contributed by atoms with E-state index in [1.165, 1.54) is 29.8 Å². The van der Waals surface area contributed by atoms with Crippen LogP contribution in [0.15, 0.2) is 34.1 Å². The van der Waals surface area contributed by atoms with Gasteiger partial charge in [0.15, 0.2) is 11.2 Å². The topological polar surface area (TPSA) is 139 Å². The Hall–Kier alpha value is -2.82. The van der Waals surface area contributed by atoms with E-state index >= 15 is 0 Å². The van der Waals surface area contributed by atoms with Gasteiger partial charge in [0.05, 0.1) is 12.4 Å². The lowest BCUT2D eigenvalue weighted by Crippen LogP contribution is -3.00. The molecule has 164 valence electrons. The van der Waals surface area contributed by atoms with Crippen molar-refractivity contribution in [2.45, 2.75) is 32.0 Å². The monoisotopic (exact) mass is 439 g/mol. The molecule has 0 radical (unpaired) electrons. The maximum Gasteiger partial charge on any atom is 0.332 e. The van der Waals surface area contributed by atoms with E-state index in [-0.39, 0.29) is 35.5 Å². The molecule has 11 heteroatoms. The normalized spacial score (nSPS) is 13.2. The fourth-order valence-corrected chi connectivity index (χ4v) is 3.33. The van der Waals surface area contributed by atoms with E-state index in [1.54, 1.807) is 17.9 Å². The number of phenolic OH excluding ortho intramolecular Hbond substituents is 2. The van der Waals surface area contributed by atoms with Gasteiger partial charge in [-0.05, 0) is 24.6 Å². The van der Waals surface area contributed by atoms with Crippen molar-refractivity contribution in [1.29, 1.82) is 0 Å². The molecule has 3 aromatic rings. The van der Waals surface area contributed by atoms with E-state index in [9.17, 15) is 24.9 Å². The average molecular weight is 440 g/mol. The van der Waals surface area contributed by atoms with Crippen LogP contribution in [0.2, 0.25) is 0 Å². The highest BCUT2D eigenvalue weighted by Gasteiger charge is 2.17. The number of nitrogens with zero attached hydrogens (tertiary/aromatic N) is 4. The third-order valence-corrected chi connectivity index (χ3v) is 5.11. The molecule has 5 N–H and O–H groups in total. The van der Waals surface area contributed by atoms with Gasteiger partial charge in [-0.15, -0.1) is 0 Å². The first kappa shape index (κ1) is 23.5. The first-order chi connectivity index (χ1) is 13.7. The van der Waals surface area contributed by atoms with Crippen molar-refractivity contribution in [3.8, 4) is 11.5 Å². The van der Waals surface area contributed by atoms with E-state index in [0.29, 0.717) is 36.2 Å². The first-order valence-electron chi connectivity index (χ1n) is 9.34. The Morgan fingerprint density at radius 1 is 1.10 bits per heavy atom. The van der Waals surface area contributed by atoms with E-state index in [2.05, 4.69) is 4.98 Å². The van der Waals surface area contributed by atoms with Crippen molar-refractivity contribution in [3.05, 3.63) is 50.9 Å². The molecule has 30 heavy (non-hydrogen) atoms. The summed E-state index contributed by atoms with van der Waals surface area (Å²) >= 11 is 0. The number of phenols is 2. The second kappa shape index (κ2) is 9.33. The summed E-state index contributed by atoms with van der Waals surface area (Å²) in [5.41, 5.74) is 0.389. The van der Waals surface area contributed by atoms with Crippen molar-refractivity contribution < 1.29 is 33.0 Å². The maximum absolute atomic E-state index is 12.5. The van der Waals surface area contributed by atoms with Crippen LogP contribution in [0.3, 0.4) is 0 Å². The predicted molar refractivity (Wildman–Crippen MR) is 106 cm³/mol. The Bertz CT molecular complexity index is 1130. The Balaban J connectivity index is 0.00000320. The van der Waals surface area contributed by atoms with Gasteiger partial charge in [-0.2, -0.15) is 0 Å². The van der Waals surface area contributed by atoms with E-state index in [0.717, 1.165) is 4.57 Å². The number of hydrogen-bond acceptors (Lipinski definition) is 6. The molecule has 0 spiro atoms. The number of fused-ring (bicyclic) bond motifs is 1. The van der Waals surface area contributed by atoms with Gasteiger partial charge in [0.25, 0.3) is 5.56 Å². The second-order valence-electron chi connectivity index (χ2n) is 7.35. The van der Waals surface area contributed by atoms with Gasteiger partial charge in [-0.1, -0.05) is 0 Å². The fraction of sp³-hybridized carbons (Fsp3) is 0.421. The molecule has 0 amide bonds. The molecule has 10 nitrogen and oxygen atoms in total. The number of halogens is 1. The number of aliphatic hydroxyl groups is 1. The summed E-state index contributed by atoms with van der Waals surface area (Å²) in [5.74, 6) is -0.204. The van der Waals surface area contributed by atoms with Crippen LogP contribution in [-0.4, -0.2) is 46.6 Å². The molecular weight excluding hydrogens is 414 g/mol. The van der Waals surface area contributed by atoms with Crippen LogP contribution in [0, 0.1) is 0 Å². The van der Waals surface area contributed by atoms with Gasteiger partial charge in [-0.25, -0.2) is 9.78 Å². The summed E-state index contributed by atoms with van der Waals surface area (Å²) in [6.45, 7) is 2.88. The van der Waals surface area contributed by atoms with Crippen molar-refractivity contribution >= 4 is 11.2 Å². The lowest BCUT2D eigenvalue weighted by Gasteiger charge is -2.15. The highest BCUT2D eigenvalue weighted by Crippen LogP contribution is 2.24. The zero-order valence-corrected chi connectivity index (χ0v) is 17.7. The molecular formula is C19H26ClN5O5. The molecule has 0 aliphatic rings. The largest absolute Gasteiger partial charge is 1.00 e. The van der Waals surface area contributed by atoms with Gasteiger partial charge < -0.3 is 37.6 Å². The van der Waals surface area contributed by atoms with Crippen LogP contribution in [-0.2, 0) is 20.6 Å². The molecule has 0 saturated heterocycles. The van der Waals surface area contributed by atoms with Gasteiger partial charge >= 0.3 is 5.69 Å². The number of aryl methyl sites for hydroxylation is 2. The maximum atomic E-state index is 12.5. The fourth-order valence-electron chi connectivity index (χ4n) is 3.33. The number of rotatable bonds is 7. The van der Waals surface area contributed by atoms with Crippen LogP contribution < -0.4 is 29.0 Å². The van der Waals surface area contributed by atoms with Crippen LogP contribution in [0.25, 0.3) is 11.2 Å². The minimum Gasteiger partial charge on any atom is -1.00 e. The van der Waals surface area contributed by atoms with Crippen molar-refractivity contribution in [2.24, 2.45) is 14.1 Å². The summed E-state index contributed by atoms with van der Waals surface area (Å²) < 4.78 is 4.16. The third kappa shape index (κ3) is 4.66. The number of imidazole rings is 1. The standard InChI is InChI=1S/C19H25N5O5.ClH/c1-11(20-9-15(27)12-6-13(25)8-14(26)7-12)4-5-24-10-21-17-16(24)18(28)23(3)19(29)22(17)2;/h6-8,10-11,15,20,25-27H,4-5,9H2,1-3H3;1H. The molecule has 1 aromatic carbocycles. The van der Waals surface area contributed by atoms with Crippen LogP contribution in [0.1, 0.15) is 25.0 Å². The Morgan fingerprint density at radius 3 is 2.37 bits per heavy atom. The number of hydrogen-bond donors (Lipinski definition) is 4. The number of nitrogens with two attached hydrogens (primary N) is 1. The molecule has 2 heterocycles. The molecule has 0 saturated carbocycles. The van der Waals surface area contributed by atoms with Crippen LogP contribution >= 0.6 is 0 Å². The molecule has 2 atom stereocenters. The summed E-state index contributed by atoms with van der Waals surface area (Å²) in [6, 6.07) is 4.17. The minimum atomic E-state index is -0.841.